The summed E-state index contributed by atoms with van der Waals surface area (Å²) < 4.78 is 10.3. The molecule has 1 atom stereocenters. The molecule has 1 unspecified atom stereocenters. The fourth-order valence-electron chi connectivity index (χ4n) is 4.02. The Morgan fingerprint density at radius 3 is 2.58 bits per heavy atom. The highest BCUT2D eigenvalue weighted by atomic mass is 16.5. The maximum atomic E-state index is 5.71. The third-order valence-electron chi connectivity index (χ3n) is 5.36. The average Bonchev–Trinajstić information content (AvgIpc) is 3.31. The second kappa shape index (κ2) is 7.08. The number of aromatic nitrogens is 2. The maximum absolute atomic E-state index is 5.71. The van der Waals surface area contributed by atoms with Crippen molar-refractivity contribution in [1.82, 2.24) is 4.57 Å². The summed E-state index contributed by atoms with van der Waals surface area (Å²) in [6.45, 7) is 6.24. The van der Waals surface area contributed by atoms with E-state index in [-0.39, 0.29) is 0 Å². The van der Waals surface area contributed by atoms with Crippen molar-refractivity contribution in [1.29, 1.82) is 0 Å². The Kier molecular flexibility index (Phi) is 4.64. The smallest absolute Gasteiger partial charge is 0.293 e. The minimum absolute atomic E-state index is 0.462. The van der Waals surface area contributed by atoms with Gasteiger partial charge in [-0.25, -0.2) is 4.57 Å². The van der Waals surface area contributed by atoms with Gasteiger partial charge >= 0.3 is 0 Å². The van der Waals surface area contributed by atoms with E-state index < -0.39 is 0 Å². The number of benzene rings is 2. The Morgan fingerprint density at radius 2 is 1.88 bits per heavy atom. The van der Waals surface area contributed by atoms with E-state index in [1.165, 1.54) is 28.2 Å². The summed E-state index contributed by atoms with van der Waals surface area (Å²) in [4.78, 5) is 0. The van der Waals surface area contributed by atoms with Crippen LogP contribution in [0.2, 0.25) is 0 Å². The quantitative estimate of drug-likeness (QED) is 0.631. The fraction of sp³-hybridized carbons (Fsp3) is 0.348. The number of aryl methyl sites for hydroxylation is 1. The van der Waals surface area contributed by atoms with Crippen LogP contribution in [-0.4, -0.2) is 17.8 Å². The average molecular weight is 347 g/mol. The molecule has 0 spiro atoms. The van der Waals surface area contributed by atoms with Crippen molar-refractivity contribution in [2.45, 2.75) is 32.1 Å². The second-order valence-electron chi connectivity index (χ2n) is 7.47. The lowest BCUT2D eigenvalue weighted by atomic mass is 9.90. The van der Waals surface area contributed by atoms with Crippen LogP contribution >= 0.6 is 0 Å². The normalized spacial score (nSPS) is 17.2. The van der Waals surface area contributed by atoms with Gasteiger partial charge in [0.1, 0.15) is 18.1 Å². The molecule has 1 aliphatic rings. The first-order valence-corrected chi connectivity index (χ1v) is 9.50. The van der Waals surface area contributed by atoms with Crippen LogP contribution in [0, 0.1) is 0 Å². The zero-order valence-electron chi connectivity index (χ0n) is 15.9. The van der Waals surface area contributed by atoms with Crippen LogP contribution in [0.25, 0.3) is 17.1 Å². The summed E-state index contributed by atoms with van der Waals surface area (Å²) in [7, 11) is 2.12. The predicted octanol–water partition coefficient (Wildman–Crippen LogP) is 4.60. The van der Waals surface area contributed by atoms with Crippen molar-refractivity contribution < 1.29 is 9.30 Å². The van der Waals surface area contributed by atoms with Crippen molar-refractivity contribution in [3.05, 3.63) is 72.1 Å². The number of hydrogen-bond acceptors (Lipinski definition) is 1. The van der Waals surface area contributed by atoms with E-state index in [9.17, 15) is 0 Å². The van der Waals surface area contributed by atoms with Crippen LogP contribution in [0.15, 0.2) is 60.9 Å². The van der Waals surface area contributed by atoms with Gasteiger partial charge < -0.3 is 4.74 Å². The Labute approximate surface area is 155 Å². The van der Waals surface area contributed by atoms with Gasteiger partial charge in [-0.2, -0.15) is 4.57 Å². The molecule has 3 heteroatoms. The van der Waals surface area contributed by atoms with Gasteiger partial charge in [0.15, 0.2) is 0 Å². The molecule has 0 N–H and O–H groups in total. The minimum Gasteiger partial charge on any atom is -0.381 e. The van der Waals surface area contributed by atoms with Crippen molar-refractivity contribution >= 4 is 0 Å². The topological polar surface area (TPSA) is 18.0 Å². The molecule has 1 saturated heterocycles. The molecule has 3 nitrogen and oxygen atoms in total. The molecule has 4 rings (SSSR count). The zero-order chi connectivity index (χ0) is 18.1. The van der Waals surface area contributed by atoms with E-state index in [0.29, 0.717) is 11.8 Å². The number of imidazole rings is 1. The predicted molar refractivity (Wildman–Crippen MR) is 105 cm³/mol. The van der Waals surface area contributed by atoms with Crippen molar-refractivity contribution in [2.24, 2.45) is 7.05 Å². The van der Waals surface area contributed by atoms with E-state index in [0.717, 1.165) is 19.6 Å². The Balaban J connectivity index is 1.96. The third kappa shape index (κ3) is 2.97. The largest absolute Gasteiger partial charge is 0.381 e. The highest BCUT2D eigenvalue weighted by molar-refractivity contribution is 5.60. The number of nitrogens with zero attached hydrogens (tertiary/aromatic N) is 2. The van der Waals surface area contributed by atoms with Crippen LogP contribution in [0.3, 0.4) is 0 Å². The monoisotopic (exact) mass is 347 g/mol. The molecule has 2 heterocycles. The van der Waals surface area contributed by atoms with Gasteiger partial charge in [0.25, 0.3) is 5.82 Å². The highest BCUT2D eigenvalue weighted by Crippen LogP contribution is 2.36. The standard InChI is InChI=1S/C23H27N2O/c1-17(2)20-10-7-11-21(19-12-15-26-16-19)22(20)25-14-13-24(3)23(25)18-8-5-4-6-9-18/h4-11,13-14,17,19H,12,15-16H2,1-3H3/q+1. The van der Waals surface area contributed by atoms with Gasteiger partial charge in [0.05, 0.1) is 19.2 Å². The molecular weight excluding hydrogens is 320 g/mol. The van der Waals surface area contributed by atoms with Crippen LogP contribution in [0.1, 0.15) is 43.2 Å². The third-order valence-corrected chi connectivity index (χ3v) is 5.36. The minimum atomic E-state index is 0.462. The molecule has 0 amide bonds. The number of ether oxygens (including phenoxy) is 1. The Hall–Kier alpha value is -2.39. The molecule has 0 bridgehead atoms. The van der Waals surface area contributed by atoms with Gasteiger partial charge in [0, 0.05) is 23.7 Å². The van der Waals surface area contributed by atoms with Crippen LogP contribution in [0.5, 0.6) is 0 Å². The van der Waals surface area contributed by atoms with Gasteiger partial charge in [0.2, 0.25) is 0 Å². The van der Waals surface area contributed by atoms with Crippen molar-refractivity contribution in [2.75, 3.05) is 13.2 Å². The Morgan fingerprint density at radius 1 is 1.08 bits per heavy atom. The molecule has 0 radical (unpaired) electrons. The molecule has 1 aliphatic heterocycles. The first-order chi connectivity index (χ1) is 12.7. The lowest BCUT2D eigenvalue weighted by Crippen LogP contribution is -2.29. The fourth-order valence-corrected chi connectivity index (χ4v) is 4.02. The van der Waals surface area contributed by atoms with Gasteiger partial charge in [-0.15, -0.1) is 0 Å². The van der Waals surface area contributed by atoms with E-state index in [2.05, 4.69) is 91.0 Å². The van der Waals surface area contributed by atoms with Crippen LogP contribution < -0.4 is 4.57 Å². The Bertz CT molecular complexity index is 890. The summed E-state index contributed by atoms with van der Waals surface area (Å²) in [5.41, 5.74) is 5.36. The number of hydrogen-bond donors (Lipinski definition) is 0. The number of rotatable bonds is 4. The molecule has 1 aromatic heterocycles. The molecule has 134 valence electrons. The van der Waals surface area contributed by atoms with Crippen molar-refractivity contribution in [3.63, 3.8) is 0 Å². The first-order valence-electron chi connectivity index (χ1n) is 9.50. The summed E-state index contributed by atoms with van der Waals surface area (Å²) in [6.07, 6.45) is 5.44. The maximum Gasteiger partial charge on any atom is 0.293 e. The lowest BCUT2D eigenvalue weighted by molar-refractivity contribution is -0.659. The number of para-hydroxylation sites is 1. The van der Waals surface area contributed by atoms with Crippen LogP contribution in [-0.2, 0) is 11.8 Å². The molecule has 0 saturated carbocycles. The highest BCUT2D eigenvalue weighted by Gasteiger charge is 2.29. The molecule has 3 aromatic rings. The lowest BCUT2D eigenvalue weighted by Gasteiger charge is -2.18. The SMILES string of the molecule is CC(C)c1cccc(C2CCOC2)c1-n1cc[n+](C)c1-c1ccccc1. The molecule has 1 fully saturated rings. The molecule has 0 aliphatic carbocycles. The molecule has 2 aromatic carbocycles. The summed E-state index contributed by atoms with van der Waals surface area (Å²) in [6, 6.07) is 17.4. The summed E-state index contributed by atoms with van der Waals surface area (Å²) in [5.74, 6) is 2.14. The van der Waals surface area contributed by atoms with E-state index in [1.54, 1.807) is 0 Å². The molecular formula is C23H27N2O+. The van der Waals surface area contributed by atoms with Crippen molar-refractivity contribution in [3.8, 4) is 17.1 Å². The summed E-state index contributed by atoms with van der Waals surface area (Å²) in [5, 5.41) is 0. The zero-order valence-corrected chi connectivity index (χ0v) is 15.9. The van der Waals surface area contributed by atoms with E-state index in [4.69, 9.17) is 4.74 Å². The van der Waals surface area contributed by atoms with Gasteiger partial charge in [-0.3, -0.25) is 0 Å². The molecule has 26 heavy (non-hydrogen) atoms. The van der Waals surface area contributed by atoms with Crippen LogP contribution in [0.4, 0.5) is 0 Å². The van der Waals surface area contributed by atoms with Gasteiger partial charge in [-0.1, -0.05) is 50.2 Å². The second-order valence-corrected chi connectivity index (χ2v) is 7.47. The van der Waals surface area contributed by atoms with E-state index in [1.807, 2.05) is 0 Å². The summed E-state index contributed by atoms with van der Waals surface area (Å²) >= 11 is 0. The van der Waals surface area contributed by atoms with Gasteiger partial charge in [-0.05, 0) is 24.5 Å². The first kappa shape index (κ1) is 17.0. The van der Waals surface area contributed by atoms with E-state index >= 15 is 0 Å².